The summed E-state index contributed by atoms with van der Waals surface area (Å²) in [6.07, 6.45) is -0.957. The van der Waals surface area contributed by atoms with Gasteiger partial charge in [-0.1, -0.05) is 0 Å². The Labute approximate surface area is 70.7 Å². The molecule has 0 aliphatic carbocycles. The van der Waals surface area contributed by atoms with Gasteiger partial charge in [-0.3, -0.25) is 4.79 Å². The van der Waals surface area contributed by atoms with Crippen LogP contribution in [0.1, 0.15) is 13.8 Å². The molecular formula is C7H13NO4. The second-order valence-corrected chi connectivity index (χ2v) is 2.44. The van der Waals surface area contributed by atoms with Crippen LogP contribution in [0, 0.1) is 0 Å². The van der Waals surface area contributed by atoms with Crippen LogP contribution in [0.3, 0.4) is 0 Å². The summed E-state index contributed by atoms with van der Waals surface area (Å²) in [5, 5.41) is 11.3. The molecule has 0 radical (unpaired) electrons. The van der Waals surface area contributed by atoms with Gasteiger partial charge in [-0.15, -0.1) is 0 Å². The van der Waals surface area contributed by atoms with Gasteiger partial charge in [0.15, 0.2) is 6.04 Å². The lowest BCUT2D eigenvalue weighted by molar-refractivity contribution is -0.147. The average molecular weight is 175 g/mol. The van der Waals surface area contributed by atoms with Crippen molar-refractivity contribution in [3.63, 3.8) is 0 Å². The molecule has 2 atom stereocenters. The van der Waals surface area contributed by atoms with E-state index in [1.807, 2.05) is 0 Å². The summed E-state index contributed by atoms with van der Waals surface area (Å²) >= 11 is 0. The molecule has 0 heterocycles. The van der Waals surface area contributed by atoms with Crippen LogP contribution in [0.4, 0.5) is 0 Å². The number of carbonyl (C=O) groups is 2. The van der Waals surface area contributed by atoms with Crippen LogP contribution in [0.15, 0.2) is 0 Å². The fraction of sp³-hybridized carbons (Fsp3) is 0.714. The van der Waals surface area contributed by atoms with Gasteiger partial charge >= 0.3 is 5.97 Å². The van der Waals surface area contributed by atoms with E-state index in [0.29, 0.717) is 0 Å². The standard InChI is InChI=1S/C7H13NO4/c1-4(9)6(7(11)12-3)8-5(2)10/h4,6,9H,1-3H3,(H,8,10)/t4-,6-/m1/s1. The molecule has 0 aliphatic heterocycles. The lowest BCUT2D eigenvalue weighted by atomic mass is 10.2. The van der Waals surface area contributed by atoms with Crippen molar-refractivity contribution in [2.75, 3.05) is 7.11 Å². The first-order chi connectivity index (χ1) is 5.49. The van der Waals surface area contributed by atoms with E-state index in [-0.39, 0.29) is 5.91 Å². The SMILES string of the molecule is COC(=O)[C@H](NC(C)=O)[C@@H](C)O. The Morgan fingerprint density at radius 3 is 2.25 bits per heavy atom. The van der Waals surface area contributed by atoms with E-state index < -0.39 is 18.1 Å². The van der Waals surface area contributed by atoms with E-state index in [4.69, 9.17) is 5.11 Å². The lowest BCUT2D eigenvalue weighted by Gasteiger charge is -2.17. The molecule has 0 aromatic rings. The molecule has 5 nitrogen and oxygen atoms in total. The Morgan fingerprint density at radius 1 is 1.50 bits per heavy atom. The molecule has 0 unspecified atom stereocenters. The zero-order valence-electron chi connectivity index (χ0n) is 7.33. The fourth-order valence-corrected chi connectivity index (χ4v) is 0.722. The summed E-state index contributed by atoms with van der Waals surface area (Å²) in [6, 6.07) is -0.979. The number of aliphatic hydroxyl groups is 1. The third-order valence-electron chi connectivity index (χ3n) is 1.30. The van der Waals surface area contributed by atoms with E-state index in [9.17, 15) is 9.59 Å². The van der Waals surface area contributed by atoms with Gasteiger partial charge in [0.2, 0.25) is 5.91 Å². The van der Waals surface area contributed by atoms with Crippen molar-refractivity contribution in [3.05, 3.63) is 0 Å². The smallest absolute Gasteiger partial charge is 0.331 e. The van der Waals surface area contributed by atoms with Gasteiger partial charge in [-0.05, 0) is 6.92 Å². The number of methoxy groups -OCH3 is 1. The van der Waals surface area contributed by atoms with Gasteiger partial charge in [0.25, 0.3) is 0 Å². The Balaban J connectivity index is 4.23. The van der Waals surface area contributed by atoms with Crippen LogP contribution in [0.2, 0.25) is 0 Å². The molecule has 5 heteroatoms. The second-order valence-electron chi connectivity index (χ2n) is 2.44. The molecule has 0 aliphatic rings. The minimum atomic E-state index is -0.979. The normalized spacial score (nSPS) is 14.7. The predicted octanol–water partition coefficient (Wildman–Crippen LogP) is -0.955. The Bertz CT molecular complexity index is 178. The summed E-state index contributed by atoms with van der Waals surface area (Å²) < 4.78 is 4.36. The zero-order chi connectivity index (χ0) is 9.72. The van der Waals surface area contributed by atoms with Gasteiger partial charge in [0, 0.05) is 6.92 Å². The number of amides is 1. The first kappa shape index (κ1) is 10.9. The Morgan fingerprint density at radius 2 is 2.00 bits per heavy atom. The Hall–Kier alpha value is -1.10. The van der Waals surface area contributed by atoms with Crippen molar-refractivity contribution in [3.8, 4) is 0 Å². The number of aliphatic hydroxyl groups excluding tert-OH is 1. The van der Waals surface area contributed by atoms with E-state index in [1.165, 1.54) is 21.0 Å². The number of ether oxygens (including phenoxy) is 1. The van der Waals surface area contributed by atoms with Crippen LogP contribution in [-0.2, 0) is 14.3 Å². The van der Waals surface area contributed by atoms with Crippen LogP contribution in [0.5, 0.6) is 0 Å². The largest absolute Gasteiger partial charge is 0.467 e. The highest BCUT2D eigenvalue weighted by Gasteiger charge is 2.24. The summed E-state index contributed by atoms with van der Waals surface area (Å²) in [4.78, 5) is 21.4. The van der Waals surface area contributed by atoms with Crippen molar-refractivity contribution in [2.45, 2.75) is 26.0 Å². The minimum absolute atomic E-state index is 0.383. The summed E-state index contributed by atoms with van der Waals surface area (Å²) in [5.74, 6) is -1.04. The maximum atomic E-state index is 10.9. The third-order valence-corrected chi connectivity index (χ3v) is 1.30. The van der Waals surface area contributed by atoms with Crippen molar-refractivity contribution < 1.29 is 19.4 Å². The molecule has 0 rings (SSSR count). The zero-order valence-corrected chi connectivity index (χ0v) is 7.33. The molecule has 0 aromatic carbocycles. The van der Waals surface area contributed by atoms with Crippen LogP contribution < -0.4 is 5.32 Å². The van der Waals surface area contributed by atoms with Crippen LogP contribution in [-0.4, -0.2) is 36.2 Å². The molecule has 0 saturated carbocycles. The molecule has 0 fully saturated rings. The number of carbonyl (C=O) groups excluding carboxylic acids is 2. The van der Waals surface area contributed by atoms with Crippen LogP contribution in [0.25, 0.3) is 0 Å². The molecule has 12 heavy (non-hydrogen) atoms. The van der Waals surface area contributed by atoms with Crippen molar-refractivity contribution >= 4 is 11.9 Å². The van der Waals surface area contributed by atoms with Gasteiger partial charge in [0.1, 0.15) is 0 Å². The van der Waals surface area contributed by atoms with Crippen molar-refractivity contribution in [1.29, 1.82) is 0 Å². The van der Waals surface area contributed by atoms with Gasteiger partial charge in [-0.2, -0.15) is 0 Å². The van der Waals surface area contributed by atoms with Crippen molar-refractivity contribution in [2.24, 2.45) is 0 Å². The first-order valence-electron chi connectivity index (χ1n) is 3.52. The number of rotatable bonds is 3. The number of nitrogens with one attached hydrogen (secondary N) is 1. The maximum absolute atomic E-state index is 10.9. The van der Waals surface area contributed by atoms with E-state index in [1.54, 1.807) is 0 Å². The summed E-state index contributed by atoms with van der Waals surface area (Å²) in [7, 11) is 1.19. The second kappa shape index (κ2) is 4.71. The van der Waals surface area contributed by atoms with E-state index in [0.717, 1.165) is 0 Å². The molecule has 2 N–H and O–H groups in total. The highest BCUT2D eigenvalue weighted by molar-refractivity contribution is 5.83. The fourth-order valence-electron chi connectivity index (χ4n) is 0.722. The predicted molar refractivity (Wildman–Crippen MR) is 41.3 cm³/mol. The Kier molecular flexibility index (Phi) is 4.28. The monoisotopic (exact) mass is 175 g/mol. The van der Waals surface area contributed by atoms with Crippen LogP contribution >= 0.6 is 0 Å². The minimum Gasteiger partial charge on any atom is -0.467 e. The molecule has 70 valence electrons. The van der Waals surface area contributed by atoms with Gasteiger partial charge in [0.05, 0.1) is 13.2 Å². The molecule has 0 spiro atoms. The van der Waals surface area contributed by atoms with Gasteiger partial charge < -0.3 is 15.2 Å². The molecule has 0 saturated heterocycles. The topological polar surface area (TPSA) is 75.6 Å². The lowest BCUT2D eigenvalue weighted by Crippen LogP contribution is -2.47. The van der Waals surface area contributed by atoms with E-state index >= 15 is 0 Å². The van der Waals surface area contributed by atoms with E-state index in [2.05, 4.69) is 10.1 Å². The molecular weight excluding hydrogens is 162 g/mol. The third kappa shape index (κ3) is 3.34. The average Bonchev–Trinajstić information content (AvgIpc) is 1.98. The quantitative estimate of drug-likeness (QED) is 0.542. The highest BCUT2D eigenvalue weighted by atomic mass is 16.5. The molecule has 0 bridgehead atoms. The number of esters is 1. The summed E-state index contributed by atoms with van der Waals surface area (Å²) in [6.45, 7) is 2.66. The number of hydrogen-bond donors (Lipinski definition) is 2. The molecule has 1 amide bonds. The summed E-state index contributed by atoms with van der Waals surface area (Å²) in [5.41, 5.74) is 0. The van der Waals surface area contributed by atoms with Gasteiger partial charge in [-0.25, -0.2) is 4.79 Å². The molecule has 0 aromatic heterocycles. The number of hydrogen-bond acceptors (Lipinski definition) is 4. The maximum Gasteiger partial charge on any atom is 0.331 e. The highest BCUT2D eigenvalue weighted by Crippen LogP contribution is 1.95. The van der Waals surface area contributed by atoms with Crippen molar-refractivity contribution in [1.82, 2.24) is 5.32 Å². The first-order valence-corrected chi connectivity index (χ1v) is 3.52.